The van der Waals surface area contributed by atoms with E-state index >= 15 is 0 Å². The van der Waals surface area contributed by atoms with E-state index in [9.17, 15) is 18.3 Å². The van der Waals surface area contributed by atoms with E-state index in [1.54, 1.807) is 19.2 Å². The smallest absolute Gasteiger partial charge is 0.327 e. The Labute approximate surface area is 121 Å². The number of hydrogen-bond donors (Lipinski definition) is 2. The summed E-state index contributed by atoms with van der Waals surface area (Å²) in [4.78, 5) is 12.3. The predicted molar refractivity (Wildman–Crippen MR) is 74.5 cm³/mol. The predicted octanol–water partition coefficient (Wildman–Crippen LogP) is 1.28. The van der Waals surface area contributed by atoms with Crippen LogP contribution in [0.15, 0.2) is 10.3 Å². The van der Waals surface area contributed by atoms with Crippen LogP contribution < -0.4 is 4.72 Å². The average Bonchev–Trinajstić information content (AvgIpc) is 2.70. The van der Waals surface area contributed by atoms with Crippen molar-refractivity contribution in [1.29, 1.82) is 0 Å². The standard InChI is InChI=1S/C12H17NO5S2/c1-8-6-19-9(2)10(8)20(16,17)13-12(11(14)15)4-3-5-18-7-12/h6,13H,3-5,7H2,1-2H3,(H,14,15). The number of carboxylic acid groups (broad SMARTS) is 1. The fourth-order valence-corrected chi connectivity index (χ4v) is 5.37. The van der Waals surface area contributed by atoms with Gasteiger partial charge in [0.05, 0.1) is 11.5 Å². The van der Waals surface area contributed by atoms with Crippen LogP contribution in [0.1, 0.15) is 23.3 Å². The Bertz CT molecular complexity index is 594. The van der Waals surface area contributed by atoms with Crippen molar-refractivity contribution < 1.29 is 23.1 Å². The lowest BCUT2D eigenvalue weighted by molar-refractivity contribution is -0.149. The van der Waals surface area contributed by atoms with Gasteiger partial charge in [0.25, 0.3) is 0 Å². The Hall–Kier alpha value is -0.960. The normalized spacial score (nSPS) is 23.7. The lowest BCUT2D eigenvalue weighted by Gasteiger charge is -2.33. The molecule has 8 heteroatoms. The first-order valence-electron chi connectivity index (χ1n) is 6.18. The minimum atomic E-state index is -3.88. The Morgan fingerprint density at radius 3 is 2.65 bits per heavy atom. The zero-order valence-electron chi connectivity index (χ0n) is 11.3. The monoisotopic (exact) mass is 319 g/mol. The molecule has 0 saturated carbocycles. The van der Waals surface area contributed by atoms with E-state index in [4.69, 9.17) is 4.74 Å². The van der Waals surface area contributed by atoms with Gasteiger partial charge in [-0.1, -0.05) is 0 Å². The lowest BCUT2D eigenvalue weighted by atomic mass is 9.94. The van der Waals surface area contributed by atoms with E-state index < -0.39 is 21.5 Å². The molecule has 1 aromatic heterocycles. The van der Waals surface area contributed by atoms with Gasteiger partial charge in [0, 0.05) is 11.5 Å². The quantitative estimate of drug-likeness (QED) is 0.872. The van der Waals surface area contributed by atoms with Crippen molar-refractivity contribution in [3.63, 3.8) is 0 Å². The van der Waals surface area contributed by atoms with Gasteiger partial charge in [0.2, 0.25) is 10.0 Å². The number of nitrogens with one attached hydrogen (secondary N) is 1. The van der Waals surface area contributed by atoms with Crippen LogP contribution in [0.25, 0.3) is 0 Å². The number of aryl methyl sites for hydroxylation is 2. The topological polar surface area (TPSA) is 92.7 Å². The van der Waals surface area contributed by atoms with Gasteiger partial charge < -0.3 is 9.84 Å². The van der Waals surface area contributed by atoms with Crippen molar-refractivity contribution in [1.82, 2.24) is 4.72 Å². The van der Waals surface area contributed by atoms with E-state index in [0.29, 0.717) is 23.5 Å². The van der Waals surface area contributed by atoms with Crippen molar-refractivity contribution in [2.24, 2.45) is 0 Å². The number of sulfonamides is 1. The summed E-state index contributed by atoms with van der Waals surface area (Å²) in [6, 6.07) is 0. The summed E-state index contributed by atoms with van der Waals surface area (Å²) in [5.74, 6) is -1.20. The molecule has 2 rings (SSSR count). The number of carbonyl (C=O) groups is 1. The number of thiophene rings is 1. The van der Waals surface area contributed by atoms with Crippen LogP contribution in [0.4, 0.5) is 0 Å². The van der Waals surface area contributed by atoms with Gasteiger partial charge in [-0.25, -0.2) is 8.42 Å². The molecular formula is C12H17NO5S2. The van der Waals surface area contributed by atoms with Crippen LogP contribution in [-0.2, 0) is 19.6 Å². The molecule has 1 aromatic rings. The van der Waals surface area contributed by atoms with Gasteiger partial charge in [0.1, 0.15) is 0 Å². The van der Waals surface area contributed by atoms with Crippen LogP contribution in [0.2, 0.25) is 0 Å². The largest absolute Gasteiger partial charge is 0.480 e. The minimum absolute atomic E-state index is 0.149. The molecule has 20 heavy (non-hydrogen) atoms. The van der Waals surface area contributed by atoms with E-state index in [-0.39, 0.29) is 17.9 Å². The molecule has 0 amide bonds. The summed E-state index contributed by atoms with van der Waals surface area (Å²) in [5.41, 5.74) is -0.949. The number of rotatable bonds is 4. The van der Waals surface area contributed by atoms with Gasteiger partial charge in [-0.2, -0.15) is 4.72 Å². The highest BCUT2D eigenvalue weighted by Gasteiger charge is 2.44. The van der Waals surface area contributed by atoms with E-state index in [2.05, 4.69) is 4.72 Å². The molecule has 0 aliphatic carbocycles. The van der Waals surface area contributed by atoms with Crippen molar-refractivity contribution in [2.75, 3.05) is 13.2 Å². The third-order valence-electron chi connectivity index (χ3n) is 3.34. The van der Waals surface area contributed by atoms with E-state index in [1.807, 2.05) is 0 Å². The Balaban J connectivity index is 2.38. The molecule has 1 atom stereocenters. The van der Waals surface area contributed by atoms with Crippen LogP contribution in [0.3, 0.4) is 0 Å². The average molecular weight is 319 g/mol. The second kappa shape index (κ2) is 5.44. The van der Waals surface area contributed by atoms with Crippen molar-refractivity contribution >= 4 is 27.3 Å². The third kappa shape index (κ3) is 2.73. The Morgan fingerprint density at radius 1 is 1.50 bits per heavy atom. The Morgan fingerprint density at radius 2 is 2.20 bits per heavy atom. The second-order valence-corrected chi connectivity index (χ2v) is 7.66. The van der Waals surface area contributed by atoms with Crippen LogP contribution >= 0.6 is 11.3 Å². The maximum absolute atomic E-state index is 12.5. The number of hydrogen-bond acceptors (Lipinski definition) is 5. The first-order valence-corrected chi connectivity index (χ1v) is 8.55. The highest BCUT2D eigenvalue weighted by Crippen LogP contribution is 2.29. The molecule has 0 aromatic carbocycles. The van der Waals surface area contributed by atoms with E-state index in [1.165, 1.54) is 11.3 Å². The summed E-state index contributed by atoms with van der Waals surface area (Å²) in [6.07, 6.45) is 0.736. The fourth-order valence-electron chi connectivity index (χ4n) is 2.36. The minimum Gasteiger partial charge on any atom is -0.480 e. The molecule has 0 spiro atoms. The molecular weight excluding hydrogens is 302 g/mol. The molecule has 6 nitrogen and oxygen atoms in total. The third-order valence-corrected chi connectivity index (χ3v) is 6.32. The lowest BCUT2D eigenvalue weighted by Crippen LogP contribution is -2.59. The summed E-state index contributed by atoms with van der Waals surface area (Å²) in [6.45, 7) is 3.71. The summed E-state index contributed by atoms with van der Waals surface area (Å²) >= 11 is 1.33. The SMILES string of the molecule is Cc1csc(C)c1S(=O)(=O)NC1(C(=O)O)CCCOC1. The molecule has 1 unspecified atom stereocenters. The molecule has 2 N–H and O–H groups in total. The molecule has 1 aliphatic rings. The zero-order valence-corrected chi connectivity index (χ0v) is 12.9. The van der Waals surface area contributed by atoms with Crippen LogP contribution in [-0.4, -0.2) is 38.2 Å². The molecule has 0 bridgehead atoms. The van der Waals surface area contributed by atoms with Crippen molar-refractivity contribution in [3.05, 3.63) is 15.8 Å². The van der Waals surface area contributed by atoms with Gasteiger partial charge in [-0.3, -0.25) is 4.79 Å². The van der Waals surface area contributed by atoms with Gasteiger partial charge in [-0.15, -0.1) is 11.3 Å². The maximum Gasteiger partial charge on any atom is 0.327 e. The van der Waals surface area contributed by atoms with E-state index in [0.717, 1.165) is 0 Å². The van der Waals surface area contributed by atoms with Crippen molar-refractivity contribution in [3.8, 4) is 0 Å². The number of aliphatic carboxylic acids is 1. The summed E-state index contributed by atoms with van der Waals surface area (Å²) in [5, 5.41) is 11.1. The first-order chi connectivity index (χ1) is 9.28. The Kier molecular flexibility index (Phi) is 4.19. The maximum atomic E-state index is 12.5. The molecule has 1 saturated heterocycles. The molecule has 1 aliphatic heterocycles. The van der Waals surface area contributed by atoms with Crippen molar-refractivity contribution in [2.45, 2.75) is 37.1 Å². The fraction of sp³-hybridized carbons (Fsp3) is 0.583. The summed E-state index contributed by atoms with van der Waals surface area (Å²) in [7, 11) is -3.88. The molecule has 112 valence electrons. The number of carboxylic acids is 1. The summed E-state index contributed by atoms with van der Waals surface area (Å²) < 4.78 is 32.5. The van der Waals surface area contributed by atoms with Crippen LogP contribution in [0.5, 0.6) is 0 Å². The highest BCUT2D eigenvalue weighted by molar-refractivity contribution is 7.89. The second-order valence-electron chi connectivity index (χ2n) is 4.95. The number of ether oxygens (including phenoxy) is 1. The molecule has 0 radical (unpaired) electrons. The van der Waals surface area contributed by atoms with Crippen LogP contribution in [0, 0.1) is 13.8 Å². The molecule has 2 heterocycles. The highest BCUT2D eigenvalue weighted by atomic mass is 32.2. The first kappa shape index (κ1) is 15.4. The van der Waals surface area contributed by atoms with Gasteiger partial charge >= 0.3 is 5.97 Å². The van der Waals surface area contributed by atoms with Gasteiger partial charge in [-0.05, 0) is 37.6 Å². The van der Waals surface area contributed by atoms with Gasteiger partial charge in [0.15, 0.2) is 5.54 Å². The zero-order chi connectivity index (χ0) is 15.0. The molecule has 1 fully saturated rings.